The van der Waals surface area contributed by atoms with Gasteiger partial charge in [0.2, 0.25) is 0 Å². The first-order valence-corrected chi connectivity index (χ1v) is 6.81. The Morgan fingerprint density at radius 2 is 1.74 bits per heavy atom. The zero-order valence-electron chi connectivity index (χ0n) is 12.2. The highest BCUT2D eigenvalue weighted by atomic mass is 16.2. The lowest BCUT2D eigenvalue weighted by atomic mass is 10.1. The van der Waals surface area contributed by atoms with Crippen molar-refractivity contribution in [3.05, 3.63) is 29.8 Å². The second-order valence-corrected chi connectivity index (χ2v) is 5.54. The maximum Gasteiger partial charge on any atom is 0.319 e. The van der Waals surface area contributed by atoms with Gasteiger partial charge in [0.05, 0.1) is 0 Å². The number of rotatable bonds is 5. The van der Waals surface area contributed by atoms with E-state index in [-0.39, 0.29) is 18.1 Å². The number of carbonyl (C=O) groups excluding carboxylic acids is 1. The molecule has 19 heavy (non-hydrogen) atoms. The Bertz CT molecular complexity index is 398. The molecule has 0 fully saturated rings. The van der Waals surface area contributed by atoms with Gasteiger partial charge in [0.25, 0.3) is 0 Å². The van der Waals surface area contributed by atoms with Gasteiger partial charge in [0.15, 0.2) is 0 Å². The first-order valence-electron chi connectivity index (χ1n) is 6.81. The monoisotopic (exact) mass is 263 g/mol. The lowest BCUT2D eigenvalue weighted by Gasteiger charge is -2.16. The van der Waals surface area contributed by atoms with Gasteiger partial charge in [-0.1, -0.05) is 26.0 Å². The summed E-state index contributed by atoms with van der Waals surface area (Å²) >= 11 is 0. The van der Waals surface area contributed by atoms with Gasteiger partial charge in [-0.15, -0.1) is 0 Å². The van der Waals surface area contributed by atoms with E-state index in [1.807, 2.05) is 38.1 Å². The lowest BCUT2D eigenvalue weighted by molar-refractivity contribution is 0.247. The molecule has 4 heteroatoms. The summed E-state index contributed by atoms with van der Waals surface area (Å²) in [5.74, 6) is 0.570. The molecule has 1 aromatic carbocycles. The van der Waals surface area contributed by atoms with Gasteiger partial charge in [-0.2, -0.15) is 0 Å². The largest absolute Gasteiger partial charge is 0.335 e. The topological polar surface area (TPSA) is 67.2 Å². The maximum atomic E-state index is 11.8. The molecule has 1 aromatic rings. The van der Waals surface area contributed by atoms with E-state index in [0.717, 1.165) is 17.7 Å². The average Bonchev–Trinajstić information content (AvgIpc) is 2.27. The number of nitrogens with two attached hydrogens (primary N) is 1. The molecule has 4 nitrogen and oxygen atoms in total. The fourth-order valence-electron chi connectivity index (χ4n) is 2.03. The molecule has 0 aromatic heterocycles. The van der Waals surface area contributed by atoms with Crippen LogP contribution in [0.4, 0.5) is 10.5 Å². The van der Waals surface area contributed by atoms with E-state index in [0.29, 0.717) is 5.92 Å². The third-order valence-corrected chi connectivity index (χ3v) is 2.90. The highest BCUT2D eigenvalue weighted by molar-refractivity contribution is 5.89. The van der Waals surface area contributed by atoms with Crippen LogP contribution in [0.15, 0.2) is 24.3 Å². The normalized spacial score (nSPS) is 14.0. The summed E-state index contributed by atoms with van der Waals surface area (Å²) in [6, 6.07) is 7.60. The van der Waals surface area contributed by atoms with Crippen LogP contribution in [0.3, 0.4) is 0 Å². The quantitative estimate of drug-likeness (QED) is 0.763. The molecule has 0 spiro atoms. The molecule has 0 saturated heterocycles. The summed E-state index contributed by atoms with van der Waals surface area (Å²) in [7, 11) is 0. The van der Waals surface area contributed by atoms with Gasteiger partial charge in [-0.25, -0.2) is 4.79 Å². The Hall–Kier alpha value is -1.55. The van der Waals surface area contributed by atoms with Crippen LogP contribution in [-0.4, -0.2) is 12.1 Å². The van der Waals surface area contributed by atoms with Crippen molar-refractivity contribution < 1.29 is 4.79 Å². The third kappa shape index (κ3) is 5.75. The van der Waals surface area contributed by atoms with Crippen LogP contribution in [0, 0.1) is 5.92 Å². The summed E-state index contributed by atoms with van der Waals surface area (Å²) in [5, 5.41) is 5.74. The molecule has 2 atom stereocenters. The molecule has 0 aliphatic rings. The minimum atomic E-state index is -0.165. The highest BCUT2D eigenvalue weighted by Gasteiger charge is 2.09. The number of urea groups is 1. The van der Waals surface area contributed by atoms with Gasteiger partial charge in [-0.05, 0) is 43.9 Å². The number of anilines is 1. The summed E-state index contributed by atoms with van der Waals surface area (Å²) in [4.78, 5) is 11.8. The van der Waals surface area contributed by atoms with Crippen LogP contribution in [0.2, 0.25) is 0 Å². The Labute approximate surface area is 115 Å². The van der Waals surface area contributed by atoms with Crippen molar-refractivity contribution in [1.82, 2.24) is 5.32 Å². The first-order chi connectivity index (χ1) is 8.88. The molecule has 0 radical (unpaired) electrons. The van der Waals surface area contributed by atoms with Gasteiger partial charge >= 0.3 is 6.03 Å². The van der Waals surface area contributed by atoms with Crippen LogP contribution in [0.25, 0.3) is 0 Å². The van der Waals surface area contributed by atoms with E-state index < -0.39 is 0 Å². The van der Waals surface area contributed by atoms with E-state index in [2.05, 4.69) is 24.5 Å². The summed E-state index contributed by atoms with van der Waals surface area (Å²) in [6.45, 7) is 8.23. The number of amides is 2. The molecule has 2 unspecified atom stereocenters. The highest BCUT2D eigenvalue weighted by Crippen LogP contribution is 2.14. The van der Waals surface area contributed by atoms with Gasteiger partial charge < -0.3 is 16.4 Å². The molecule has 1 rings (SSSR count). The number of hydrogen-bond acceptors (Lipinski definition) is 2. The van der Waals surface area contributed by atoms with Crippen LogP contribution in [0.5, 0.6) is 0 Å². The smallest absolute Gasteiger partial charge is 0.319 e. The van der Waals surface area contributed by atoms with E-state index in [1.54, 1.807) is 0 Å². The van der Waals surface area contributed by atoms with Crippen LogP contribution in [0.1, 0.15) is 45.7 Å². The van der Waals surface area contributed by atoms with E-state index >= 15 is 0 Å². The van der Waals surface area contributed by atoms with Crippen molar-refractivity contribution in [2.24, 2.45) is 11.7 Å². The third-order valence-electron chi connectivity index (χ3n) is 2.90. The Morgan fingerprint density at radius 3 is 2.21 bits per heavy atom. The summed E-state index contributed by atoms with van der Waals surface area (Å²) < 4.78 is 0. The fraction of sp³-hybridized carbons (Fsp3) is 0.533. The van der Waals surface area contributed by atoms with Crippen molar-refractivity contribution >= 4 is 11.7 Å². The van der Waals surface area contributed by atoms with Crippen molar-refractivity contribution in [2.75, 3.05) is 5.32 Å². The number of benzene rings is 1. The summed E-state index contributed by atoms with van der Waals surface area (Å²) in [5.41, 5.74) is 7.61. The Kier molecular flexibility index (Phi) is 5.83. The van der Waals surface area contributed by atoms with Gasteiger partial charge in [0.1, 0.15) is 0 Å². The molecule has 0 saturated carbocycles. The van der Waals surface area contributed by atoms with Crippen LogP contribution >= 0.6 is 0 Å². The molecule has 0 heterocycles. The minimum Gasteiger partial charge on any atom is -0.335 e. The molecule has 106 valence electrons. The predicted octanol–water partition coefficient (Wildman–Crippen LogP) is 3.26. The molecule has 2 amide bonds. The second-order valence-electron chi connectivity index (χ2n) is 5.54. The zero-order valence-corrected chi connectivity index (χ0v) is 12.2. The fourth-order valence-corrected chi connectivity index (χ4v) is 2.03. The average molecular weight is 263 g/mol. The Morgan fingerprint density at radius 1 is 1.16 bits per heavy atom. The van der Waals surface area contributed by atoms with E-state index in [4.69, 9.17) is 5.73 Å². The number of carbonyl (C=O) groups is 1. The zero-order chi connectivity index (χ0) is 14.4. The van der Waals surface area contributed by atoms with Crippen LogP contribution in [-0.2, 0) is 0 Å². The van der Waals surface area contributed by atoms with Crippen molar-refractivity contribution in [2.45, 2.75) is 46.2 Å². The van der Waals surface area contributed by atoms with Gasteiger partial charge in [-0.3, -0.25) is 0 Å². The van der Waals surface area contributed by atoms with Gasteiger partial charge in [0, 0.05) is 17.8 Å². The molecular formula is C15H25N3O. The van der Waals surface area contributed by atoms with Crippen molar-refractivity contribution in [3.8, 4) is 0 Å². The second kappa shape index (κ2) is 7.14. The van der Waals surface area contributed by atoms with Crippen molar-refractivity contribution in [3.63, 3.8) is 0 Å². The maximum absolute atomic E-state index is 11.8. The summed E-state index contributed by atoms with van der Waals surface area (Å²) in [6.07, 6.45) is 0.969. The molecule has 4 N–H and O–H groups in total. The Balaban J connectivity index is 2.48. The standard InChI is InChI=1S/C15H25N3O/c1-10(2)9-11(3)17-15(19)18-14-7-5-13(6-8-14)12(4)16/h5-8,10-12H,9,16H2,1-4H3,(H2,17,18,19). The number of nitrogens with one attached hydrogen (secondary N) is 2. The minimum absolute atomic E-state index is 0.00828. The first kappa shape index (κ1) is 15.5. The lowest BCUT2D eigenvalue weighted by Crippen LogP contribution is -2.36. The predicted molar refractivity (Wildman–Crippen MR) is 80.1 cm³/mol. The molecule has 0 bridgehead atoms. The van der Waals surface area contributed by atoms with E-state index in [9.17, 15) is 4.79 Å². The molecule has 0 aliphatic heterocycles. The van der Waals surface area contributed by atoms with Crippen LogP contribution < -0.4 is 16.4 Å². The van der Waals surface area contributed by atoms with E-state index in [1.165, 1.54) is 0 Å². The molecular weight excluding hydrogens is 238 g/mol. The SMILES string of the molecule is CC(C)CC(C)NC(=O)Nc1ccc(C(C)N)cc1. The number of hydrogen-bond donors (Lipinski definition) is 3. The van der Waals surface area contributed by atoms with Crippen molar-refractivity contribution in [1.29, 1.82) is 0 Å². The molecule has 0 aliphatic carbocycles.